The van der Waals surface area contributed by atoms with E-state index in [1.807, 2.05) is 0 Å². The molecule has 0 aliphatic heterocycles. The first-order chi connectivity index (χ1) is 8.25. The molecule has 1 aliphatic carbocycles. The Hall–Kier alpha value is -1.32. The molecule has 1 fully saturated rings. The van der Waals surface area contributed by atoms with E-state index < -0.39 is 0 Å². The van der Waals surface area contributed by atoms with Gasteiger partial charge in [0.1, 0.15) is 6.26 Å². The van der Waals surface area contributed by atoms with Crippen molar-refractivity contribution in [3.63, 3.8) is 0 Å². The van der Waals surface area contributed by atoms with E-state index in [4.69, 9.17) is 9.15 Å². The van der Waals surface area contributed by atoms with Crippen LogP contribution in [-0.2, 0) is 4.74 Å². The van der Waals surface area contributed by atoms with Crippen LogP contribution in [0, 0.1) is 11.8 Å². The molecule has 0 N–H and O–H groups in total. The van der Waals surface area contributed by atoms with E-state index in [1.165, 1.54) is 38.3 Å². The molecule has 17 heavy (non-hydrogen) atoms. The second-order valence-corrected chi connectivity index (χ2v) is 4.94. The largest absolute Gasteiger partial charge is 0.461 e. The van der Waals surface area contributed by atoms with Crippen LogP contribution in [0.15, 0.2) is 17.1 Å². The first kappa shape index (κ1) is 12.1. The average Bonchev–Trinajstić information content (AvgIpc) is 2.82. The van der Waals surface area contributed by atoms with Crippen LogP contribution in [0.25, 0.3) is 0 Å². The summed E-state index contributed by atoms with van der Waals surface area (Å²) in [5, 5.41) is 0. The van der Waals surface area contributed by atoms with Gasteiger partial charge < -0.3 is 9.15 Å². The first-order valence-electron chi connectivity index (χ1n) is 6.31. The van der Waals surface area contributed by atoms with Gasteiger partial charge in [-0.25, -0.2) is 9.78 Å². The quantitative estimate of drug-likeness (QED) is 0.755. The SMILES string of the molecule is CC1CCCC(CCOC(=O)c2cocn2)C1. The van der Waals surface area contributed by atoms with Crippen LogP contribution >= 0.6 is 0 Å². The molecule has 0 aromatic carbocycles. The van der Waals surface area contributed by atoms with Crippen molar-refractivity contribution in [3.8, 4) is 0 Å². The van der Waals surface area contributed by atoms with E-state index in [-0.39, 0.29) is 11.7 Å². The van der Waals surface area contributed by atoms with Gasteiger partial charge in [0.2, 0.25) is 0 Å². The molecule has 2 rings (SSSR count). The van der Waals surface area contributed by atoms with Crippen LogP contribution in [0.1, 0.15) is 49.5 Å². The number of oxazole rings is 1. The first-order valence-corrected chi connectivity index (χ1v) is 6.31. The van der Waals surface area contributed by atoms with E-state index in [2.05, 4.69) is 11.9 Å². The summed E-state index contributed by atoms with van der Waals surface area (Å²) in [6, 6.07) is 0. The van der Waals surface area contributed by atoms with Crippen molar-refractivity contribution in [2.24, 2.45) is 11.8 Å². The minimum atomic E-state index is -0.386. The topological polar surface area (TPSA) is 52.3 Å². The van der Waals surface area contributed by atoms with Gasteiger partial charge >= 0.3 is 5.97 Å². The number of aromatic nitrogens is 1. The number of rotatable bonds is 4. The molecular weight excluding hydrogens is 218 g/mol. The fourth-order valence-corrected chi connectivity index (χ4v) is 2.53. The summed E-state index contributed by atoms with van der Waals surface area (Å²) in [7, 11) is 0. The summed E-state index contributed by atoms with van der Waals surface area (Å²) in [6.07, 6.45) is 8.70. The minimum absolute atomic E-state index is 0.252. The molecule has 2 unspecified atom stereocenters. The lowest BCUT2D eigenvalue weighted by Crippen LogP contribution is -2.16. The van der Waals surface area contributed by atoms with Crippen LogP contribution in [0.4, 0.5) is 0 Å². The maximum atomic E-state index is 11.5. The number of ether oxygens (including phenoxy) is 1. The van der Waals surface area contributed by atoms with E-state index >= 15 is 0 Å². The van der Waals surface area contributed by atoms with Crippen molar-refractivity contribution in [2.45, 2.75) is 39.0 Å². The van der Waals surface area contributed by atoms with Crippen LogP contribution in [0.3, 0.4) is 0 Å². The Kier molecular flexibility index (Phi) is 4.18. The monoisotopic (exact) mass is 237 g/mol. The maximum Gasteiger partial charge on any atom is 0.360 e. The molecule has 4 heteroatoms. The zero-order valence-electron chi connectivity index (χ0n) is 10.2. The highest BCUT2D eigenvalue weighted by atomic mass is 16.5. The van der Waals surface area contributed by atoms with Gasteiger partial charge in [-0.05, 0) is 24.7 Å². The van der Waals surface area contributed by atoms with Crippen molar-refractivity contribution in [1.82, 2.24) is 4.98 Å². The van der Waals surface area contributed by atoms with Gasteiger partial charge in [0.25, 0.3) is 0 Å². The lowest BCUT2D eigenvalue weighted by Gasteiger charge is -2.26. The summed E-state index contributed by atoms with van der Waals surface area (Å²) in [5.41, 5.74) is 0.252. The number of esters is 1. The Morgan fingerprint density at radius 2 is 2.47 bits per heavy atom. The number of nitrogens with zero attached hydrogens (tertiary/aromatic N) is 1. The van der Waals surface area contributed by atoms with Crippen LogP contribution in [-0.4, -0.2) is 17.6 Å². The predicted molar refractivity (Wildman–Crippen MR) is 62.5 cm³/mol. The van der Waals surface area contributed by atoms with E-state index in [0.717, 1.165) is 12.3 Å². The second-order valence-electron chi connectivity index (χ2n) is 4.94. The van der Waals surface area contributed by atoms with Crippen LogP contribution in [0.5, 0.6) is 0 Å². The third-order valence-corrected chi connectivity index (χ3v) is 3.45. The van der Waals surface area contributed by atoms with Gasteiger partial charge in [-0.3, -0.25) is 0 Å². The smallest absolute Gasteiger partial charge is 0.360 e. The molecule has 0 amide bonds. The molecule has 94 valence electrons. The molecule has 2 atom stereocenters. The summed E-state index contributed by atoms with van der Waals surface area (Å²) >= 11 is 0. The molecule has 1 aliphatic rings. The number of hydrogen-bond acceptors (Lipinski definition) is 4. The highest BCUT2D eigenvalue weighted by molar-refractivity contribution is 5.86. The normalized spacial score (nSPS) is 24.5. The van der Waals surface area contributed by atoms with E-state index in [0.29, 0.717) is 12.5 Å². The van der Waals surface area contributed by atoms with Crippen LogP contribution in [0.2, 0.25) is 0 Å². The number of carbonyl (C=O) groups is 1. The molecule has 0 saturated heterocycles. The average molecular weight is 237 g/mol. The van der Waals surface area contributed by atoms with Gasteiger partial charge in [0.05, 0.1) is 6.61 Å². The van der Waals surface area contributed by atoms with Gasteiger partial charge in [-0.1, -0.05) is 26.2 Å². The Labute approximate surface area is 101 Å². The lowest BCUT2D eigenvalue weighted by molar-refractivity contribution is 0.0463. The Balaban J connectivity index is 1.67. The van der Waals surface area contributed by atoms with Gasteiger partial charge in [-0.2, -0.15) is 0 Å². The highest BCUT2D eigenvalue weighted by Gasteiger charge is 2.19. The van der Waals surface area contributed by atoms with E-state index in [9.17, 15) is 4.79 Å². The molecule has 0 bridgehead atoms. The highest BCUT2D eigenvalue weighted by Crippen LogP contribution is 2.30. The summed E-state index contributed by atoms with van der Waals surface area (Å²) in [4.78, 5) is 15.2. The summed E-state index contributed by atoms with van der Waals surface area (Å²) in [5.74, 6) is 1.14. The Bertz CT molecular complexity index is 348. The zero-order valence-corrected chi connectivity index (χ0v) is 10.2. The Morgan fingerprint density at radius 1 is 1.59 bits per heavy atom. The fourth-order valence-electron chi connectivity index (χ4n) is 2.53. The van der Waals surface area contributed by atoms with Gasteiger partial charge in [0, 0.05) is 0 Å². The third-order valence-electron chi connectivity index (χ3n) is 3.45. The molecule has 4 nitrogen and oxygen atoms in total. The van der Waals surface area contributed by atoms with E-state index in [1.54, 1.807) is 0 Å². The number of carbonyl (C=O) groups excluding carboxylic acids is 1. The maximum absolute atomic E-state index is 11.5. The summed E-state index contributed by atoms with van der Waals surface area (Å²) in [6.45, 7) is 2.79. The molecular formula is C13H19NO3. The van der Waals surface area contributed by atoms with Gasteiger partial charge in [0.15, 0.2) is 12.1 Å². The molecule has 1 saturated carbocycles. The van der Waals surface area contributed by atoms with Crippen molar-refractivity contribution in [3.05, 3.63) is 18.4 Å². The van der Waals surface area contributed by atoms with Crippen molar-refractivity contribution >= 4 is 5.97 Å². The van der Waals surface area contributed by atoms with Crippen LogP contribution < -0.4 is 0 Å². The van der Waals surface area contributed by atoms with Gasteiger partial charge in [-0.15, -0.1) is 0 Å². The van der Waals surface area contributed by atoms with Crippen molar-refractivity contribution in [2.75, 3.05) is 6.61 Å². The predicted octanol–water partition coefficient (Wildman–Crippen LogP) is 3.05. The number of hydrogen-bond donors (Lipinski definition) is 0. The van der Waals surface area contributed by atoms with Crippen molar-refractivity contribution in [1.29, 1.82) is 0 Å². The fraction of sp³-hybridized carbons (Fsp3) is 0.692. The molecule has 1 heterocycles. The second kappa shape index (κ2) is 5.84. The molecule has 0 radical (unpaired) electrons. The molecule has 1 aromatic heterocycles. The van der Waals surface area contributed by atoms with Crippen molar-refractivity contribution < 1.29 is 13.9 Å². The standard InChI is InChI=1S/C13H19NO3/c1-10-3-2-4-11(7-10)5-6-17-13(15)12-8-16-9-14-12/h8-11H,2-7H2,1H3. The Morgan fingerprint density at radius 3 is 3.18 bits per heavy atom. The summed E-state index contributed by atoms with van der Waals surface area (Å²) < 4.78 is 9.90. The third kappa shape index (κ3) is 3.58. The minimum Gasteiger partial charge on any atom is -0.461 e. The molecule has 0 spiro atoms. The zero-order chi connectivity index (χ0) is 12.1. The molecule has 1 aromatic rings. The lowest BCUT2D eigenvalue weighted by atomic mass is 9.81.